The van der Waals surface area contributed by atoms with E-state index in [4.69, 9.17) is 9.57 Å². The molecular weight excluding hydrogens is 620 g/mol. The lowest BCUT2D eigenvalue weighted by Gasteiger charge is -2.36. The van der Waals surface area contributed by atoms with Crippen LogP contribution in [0.5, 0.6) is 5.75 Å². The van der Waals surface area contributed by atoms with Gasteiger partial charge in [-0.05, 0) is 47.0 Å². The molecule has 248 valence electrons. The fraction of sp³-hybridized carbons (Fsp3) is 0.257. The number of anilines is 5. The number of methoxy groups -OCH3 is 1. The Labute approximate surface area is 276 Å². The van der Waals surface area contributed by atoms with E-state index in [2.05, 4.69) is 32.1 Å². The monoisotopic (exact) mass is 655 g/mol. The molecule has 0 aliphatic carbocycles. The Kier molecular flexibility index (Phi) is 9.48. The molecule has 0 spiro atoms. The van der Waals surface area contributed by atoms with Gasteiger partial charge in [0, 0.05) is 57.7 Å². The summed E-state index contributed by atoms with van der Waals surface area (Å²) in [6.45, 7) is 7.87. The smallest absolute Gasteiger partial charge is 0.247 e. The van der Waals surface area contributed by atoms with E-state index in [1.165, 1.54) is 24.5 Å². The summed E-state index contributed by atoms with van der Waals surface area (Å²) in [5.41, 5.74) is 3.84. The molecular formula is C35H35F2N7O4. The highest BCUT2D eigenvalue weighted by Crippen LogP contribution is 2.40. The first-order valence-corrected chi connectivity index (χ1v) is 15.5. The normalized spacial score (nSPS) is 16.1. The van der Waals surface area contributed by atoms with Crippen LogP contribution in [0.3, 0.4) is 0 Å². The lowest BCUT2D eigenvalue weighted by atomic mass is 9.98. The van der Waals surface area contributed by atoms with Gasteiger partial charge < -0.3 is 25.2 Å². The Bertz CT molecular complexity index is 1830. The molecule has 2 amide bonds. The van der Waals surface area contributed by atoms with Crippen molar-refractivity contribution in [3.63, 3.8) is 0 Å². The number of benzene rings is 3. The highest BCUT2D eigenvalue weighted by molar-refractivity contribution is 6.02. The zero-order valence-electron chi connectivity index (χ0n) is 26.6. The lowest BCUT2D eigenvalue weighted by Crippen LogP contribution is -2.48. The number of aromatic nitrogens is 2. The minimum Gasteiger partial charge on any atom is -0.494 e. The molecule has 0 bridgehead atoms. The maximum absolute atomic E-state index is 13.9. The molecule has 1 aromatic heterocycles. The van der Waals surface area contributed by atoms with Gasteiger partial charge in [-0.2, -0.15) is 0 Å². The van der Waals surface area contributed by atoms with E-state index in [9.17, 15) is 18.4 Å². The van der Waals surface area contributed by atoms with E-state index in [0.717, 1.165) is 17.3 Å². The number of ether oxygens (including phenoxy) is 1. The fourth-order valence-corrected chi connectivity index (χ4v) is 5.96. The number of hydrogen-bond acceptors (Lipinski definition) is 9. The molecule has 0 saturated carbocycles. The van der Waals surface area contributed by atoms with Crippen LogP contribution in [0.4, 0.5) is 37.5 Å². The molecule has 6 rings (SSSR count). The third kappa shape index (κ3) is 7.05. The van der Waals surface area contributed by atoms with Gasteiger partial charge in [-0.15, -0.1) is 0 Å². The average Bonchev–Trinajstić information content (AvgIpc) is 3.59. The van der Waals surface area contributed by atoms with Gasteiger partial charge in [0.2, 0.25) is 11.8 Å². The highest BCUT2D eigenvalue weighted by atomic mass is 19.1. The van der Waals surface area contributed by atoms with E-state index in [1.807, 2.05) is 24.3 Å². The minimum atomic E-state index is -0.642. The topological polar surface area (TPSA) is 112 Å². The first kappa shape index (κ1) is 32.4. The van der Waals surface area contributed by atoms with E-state index >= 15 is 0 Å². The number of nitrogens with zero attached hydrogens (tertiary/aromatic N) is 5. The van der Waals surface area contributed by atoms with Crippen LogP contribution in [0.25, 0.3) is 11.1 Å². The highest BCUT2D eigenvalue weighted by Gasteiger charge is 2.30. The van der Waals surface area contributed by atoms with Crippen LogP contribution in [0.2, 0.25) is 0 Å². The number of halogens is 2. The van der Waals surface area contributed by atoms with Crippen molar-refractivity contribution >= 4 is 40.5 Å². The van der Waals surface area contributed by atoms with E-state index < -0.39 is 11.6 Å². The van der Waals surface area contributed by atoms with Gasteiger partial charge in [-0.25, -0.2) is 23.8 Å². The van der Waals surface area contributed by atoms with Gasteiger partial charge in [0.05, 0.1) is 36.8 Å². The minimum absolute atomic E-state index is 0.0240. The molecule has 2 aliphatic rings. The number of hydrogen-bond donors (Lipinski definition) is 2. The predicted octanol–water partition coefficient (Wildman–Crippen LogP) is 5.85. The van der Waals surface area contributed by atoms with E-state index in [0.29, 0.717) is 79.1 Å². The lowest BCUT2D eigenvalue weighted by molar-refractivity contribution is -0.129. The Morgan fingerprint density at radius 1 is 0.979 bits per heavy atom. The predicted molar refractivity (Wildman–Crippen MR) is 179 cm³/mol. The number of carbonyl (C=O) groups excluding carboxylic acids is 2. The van der Waals surface area contributed by atoms with Gasteiger partial charge >= 0.3 is 0 Å². The molecule has 2 fully saturated rings. The van der Waals surface area contributed by atoms with Gasteiger partial charge in [-0.1, -0.05) is 24.8 Å². The maximum atomic E-state index is 13.9. The first-order chi connectivity index (χ1) is 23.2. The number of hydroxylamine groups is 1. The van der Waals surface area contributed by atoms with Crippen molar-refractivity contribution < 1.29 is 27.9 Å². The zero-order chi connectivity index (χ0) is 33.8. The molecule has 0 radical (unpaired) electrons. The average molecular weight is 656 g/mol. The standard InChI is InChI=1S/C35H35F2N7O4/c1-4-35(46)41-28-18-29(32(47-3)19-31(28)43-11-9-42(10-12-43)22(2)45)40-33-20-34(39-21-38-33)44-30(8-13-48-44)24-7-5-6-23(14-24)25-15-26(36)17-27(37)16-25/h4-7,14-21,30H,1,8-13H2,2-3H3,(H,41,46)(H,38,39,40). The third-order valence-corrected chi connectivity index (χ3v) is 8.34. The van der Waals surface area contributed by atoms with Crippen LogP contribution in [0.1, 0.15) is 24.9 Å². The Hall–Kier alpha value is -5.56. The van der Waals surface area contributed by atoms with Gasteiger partial charge in [0.1, 0.15) is 29.5 Å². The summed E-state index contributed by atoms with van der Waals surface area (Å²) in [6, 6.07) is 16.1. The molecule has 48 heavy (non-hydrogen) atoms. The Morgan fingerprint density at radius 3 is 2.46 bits per heavy atom. The van der Waals surface area contributed by atoms with Crippen LogP contribution >= 0.6 is 0 Å². The number of rotatable bonds is 9. The van der Waals surface area contributed by atoms with Crippen molar-refractivity contribution in [2.45, 2.75) is 19.4 Å². The Morgan fingerprint density at radius 2 is 1.75 bits per heavy atom. The molecule has 2 saturated heterocycles. The van der Waals surface area contributed by atoms with Crippen LogP contribution in [0, 0.1) is 11.6 Å². The molecule has 4 aromatic rings. The van der Waals surface area contributed by atoms with Gasteiger partial charge in [0.25, 0.3) is 0 Å². The summed E-state index contributed by atoms with van der Waals surface area (Å²) < 4.78 is 33.6. The summed E-state index contributed by atoms with van der Waals surface area (Å²) in [6.07, 6.45) is 3.28. The fourth-order valence-electron chi connectivity index (χ4n) is 5.96. The second-order valence-corrected chi connectivity index (χ2v) is 11.4. The maximum Gasteiger partial charge on any atom is 0.247 e. The summed E-state index contributed by atoms with van der Waals surface area (Å²) in [7, 11) is 1.56. The summed E-state index contributed by atoms with van der Waals surface area (Å²) in [4.78, 5) is 43.1. The van der Waals surface area contributed by atoms with Crippen LogP contribution in [-0.4, -0.2) is 66.6 Å². The summed E-state index contributed by atoms with van der Waals surface area (Å²) in [5, 5.41) is 7.89. The second kappa shape index (κ2) is 14.1. The Balaban J connectivity index is 1.27. The number of carbonyl (C=O) groups is 2. The van der Waals surface area contributed by atoms with Crippen molar-refractivity contribution in [3.05, 3.63) is 96.8 Å². The van der Waals surface area contributed by atoms with Crippen LogP contribution in [0.15, 0.2) is 79.6 Å². The summed E-state index contributed by atoms with van der Waals surface area (Å²) in [5.74, 6) is -0.181. The van der Waals surface area contributed by atoms with Gasteiger partial charge in [0.15, 0.2) is 5.82 Å². The van der Waals surface area contributed by atoms with Crippen molar-refractivity contribution in [2.24, 2.45) is 0 Å². The molecule has 2 aliphatic heterocycles. The molecule has 11 nitrogen and oxygen atoms in total. The van der Waals surface area contributed by atoms with E-state index in [-0.39, 0.29) is 17.9 Å². The summed E-state index contributed by atoms with van der Waals surface area (Å²) >= 11 is 0. The number of nitrogens with one attached hydrogen (secondary N) is 2. The quantitative estimate of drug-likeness (QED) is 0.215. The molecule has 1 unspecified atom stereocenters. The molecule has 3 heterocycles. The largest absolute Gasteiger partial charge is 0.494 e. The third-order valence-electron chi connectivity index (χ3n) is 8.34. The molecule has 13 heteroatoms. The number of amides is 2. The second-order valence-electron chi connectivity index (χ2n) is 11.4. The molecule has 3 aromatic carbocycles. The molecule has 1 atom stereocenters. The SMILES string of the molecule is C=CC(=O)Nc1cc(Nc2cc(N3OCCC3c3cccc(-c4cc(F)cc(F)c4)c3)ncn2)c(OC)cc1N1CCN(C(C)=O)CC1. The molecule has 2 N–H and O–H groups in total. The first-order valence-electron chi connectivity index (χ1n) is 15.5. The van der Waals surface area contributed by atoms with Gasteiger partial charge in [-0.3, -0.25) is 14.4 Å². The van der Waals surface area contributed by atoms with Crippen molar-refractivity contribution in [1.29, 1.82) is 0 Å². The van der Waals surface area contributed by atoms with Crippen molar-refractivity contribution in [3.8, 4) is 16.9 Å². The van der Waals surface area contributed by atoms with Crippen molar-refractivity contribution in [1.82, 2.24) is 14.9 Å². The zero-order valence-corrected chi connectivity index (χ0v) is 26.6. The number of piperazine rings is 1. The van der Waals surface area contributed by atoms with Crippen LogP contribution in [-0.2, 0) is 14.4 Å². The van der Waals surface area contributed by atoms with Crippen LogP contribution < -0.4 is 25.3 Å². The van der Waals surface area contributed by atoms with Crippen molar-refractivity contribution in [2.75, 3.05) is 60.5 Å². The van der Waals surface area contributed by atoms with E-state index in [1.54, 1.807) is 42.2 Å².